The van der Waals surface area contributed by atoms with E-state index in [1.54, 1.807) is 11.3 Å². The van der Waals surface area contributed by atoms with Crippen molar-refractivity contribution in [3.8, 4) is 45.3 Å². The molecule has 1 aromatic heterocycles. The van der Waals surface area contributed by atoms with Crippen LogP contribution >= 0.6 is 11.3 Å². The van der Waals surface area contributed by atoms with Crippen molar-refractivity contribution in [2.24, 2.45) is 0 Å². The van der Waals surface area contributed by atoms with E-state index >= 15 is 0 Å². The summed E-state index contributed by atoms with van der Waals surface area (Å²) >= 11 is 1.77. The lowest BCUT2D eigenvalue weighted by molar-refractivity contribution is 0.450. The van der Waals surface area contributed by atoms with Crippen molar-refractivity contribution in [3.05, 3.63) is 127 Å². The Morgan fingerprint density at radius 3 is 1.75 bits per heavy atom. The minimum atomic E-state index is 0.807. The molecule has 0 saturated heterocycles. The fourth-order valence-corrected chi connectivity index (χ4v) is 7.13. The van der Waals surface area contributed by atoms with Gasteiger partial charge in [-0.2, -0.15) is 0 Å². The van der Waals surface area contributed by atoms with Crippen LogP contribution < -0.4 is 14.4 Å². The van der Waals surface area contributed by atoms with Crippen molar-refractivity contribution < 1.29 is 9.47 Å². The quantitative estimate of drug-likeness (QED) is 0.221. The van der Waals surface area contributed by atoms with Crippen LogP contribution in [0.25, 0.3) is 42.4 Å². The van der Waals surface area contributed by atoms with Gasteiger partial charge >= 0.3 is 0 Å². The van der Waals surface area contributed by atoms with Gasteiger partial charge in [-0.3, -0.25) is 4.90 Å². The Morgan fingerprint density at radius 1 is 0.475 bits per heavy atom. The maximum atomic E-state index is 6.83. The SMILES string of the molecule is c1ccc(-c2ccc3c(c2)Oc2cc4c(sc5ccccc54)c4c2N3c2ccc(-c3ccccc3)cc2O4)cc1. The molecule has 0 bridgehead atoms. The lowest BCUT2D eigenvalue weighted by atomic mass is 10.00. The molecule has 0 spiro atoms. The Bertz CT molecular complexity index is 2100. The molecular formula is C36H21NO2S. The van der Waals surface area contributed by atoms with Gasteiger partial charge < -0.3 is 9.47 Å². The average molecular weight is 532 g/mol. The number of ether oxygens (including phenoxy) is 2. The van der Waals surface area contributed by atoms with Crippen LogP contribution in [0.3, 0.4) is 0 Å². The third-order valence-corrected chi connectivity index (χ3v) is 9.02. The molecule has 3 nitrogen and oxygen atoms in total. The lowest BCUT2D eigenvalue weighted by Crippen LogP contribution is -2.20. The average Bonchev–Trinajstić information content (AvgIpc) is 3.40. The summed E-state index contributed by atoms with van der Waals surface area (Å²) in [5, 5.41) is 2.37. The monoisotopic (exact) mass is 531 g/mol. The van der Waals surface area contributed by atoms with Gasteiger partial charge in [-0.15, -0.1) is 11.3 Å². The van der Waals surface area contributed by atoms with E-state index in [9.17, 15) is 0 Å². The van der Waals surface area contributed by atoms with Crippen molar-refractivity contribution in [1.29, 1.82) is 0 Å². The van der Waals surface area contributed by atoms with E-state index in [0.29, 0.717) is 0 Å². The summed E-state index contributed by atoms with van der Waals surface area (Å²) in [5.74, 6) is 3.33. The molecule has 6 aromatic carbocycles. The van der Waals surface area contributed by atoms with E-state index < -0.39 is 0 Å². The molecule has 0 aliphatic carbocycles. The number of rotatable bonds is 2. The molecule has 0 fully saturated rings. The molecule has 4 heteroatoms. The van der Waals surface area contributed by atoms with Gasteiger partial charge in [0.1, 0.15) is 5.69 Å². The highest BCUT2D eigenvalue weighted by molar-refractivity contribution is 7.26. The van der Waals surface area contributed by atoms with Crippen molar-refractivity contribution in [1.82, 2.24) is 0 Å². The number of nitrogens with zero attached hydrogens (tertiary/aromatic N) is 1. The first-order valence-electron chi connectivity index (χ1n) is 13.3. The minimum absolute atomic E-state index is 0.807. The molecule has 0 atom stereocenters. The molecule has 0 amide bonds. The van der Waals surface area contributed by atoms with Gasteiger partial charge in [-0.1, -0.05) is 91.0 Å². The predicted molar refractivity (Wildman–Crippen MR) is 165 cm³/mol. The zero-order valence-corrected chi connectivity index (χ0v) is 22.1. The Morgan fingerprint density at radius 2 is 1.07 bits per heavy atom. The van der Waals surface area contributed by atoms with Gasteiger partial charge in [-0.25, -0.2) is 0 Å². The first kappa shape index (κ1) is 21.8. The molecule has 9 rings (SSSR count). The third-order valence-electron chi connectivity index (χ3n) is 7.84. The fraction of sp³-hybridized carbons (Fsp3) is 0. The third kappa shape index (κ3) is 3.11. The summed E-state index contributed by atoms with van der Waals surface area (Å²) in [4.78, 5) is 2.32. The normalized spacial score (nSPS) is 12.8. The van der Waals surface area contributed by atoms with E-state index in [1.165, 1.54) is 10.1 Å². The highest BCUT2D eigenvalue weighted by Gasteiger charge is 2.37. The van der Waals surface area contributed by atoms with Crippen molar-refractivity contribution in [2.45, 2.75) is 0 Å². The summed E-state index contributed by atoms with van der Waals surface area (Å²) in [7, 11) is 0. The van der Waals surface area contributed by atoms with E-state index in [-0.39, 0.29) is 0 Å². The van der Waals surface area contributed by atoms with Crippen molar-refractivity contribution >= 4 is 48.6 Å². The summed E-state index contributed by atoms with van der Waals surface area (Å²) in [5.41, 5.74) is 7.54. The topological polar surface area (TPSA) is 21.7 Å². The van der Waals surface area contributed by atoms with Gasteiger partial charge in [0.2, 0.25) is 0 Å². The number of hydrogen-bond acceptors (Lipinski definition) is 4. The van der Waals surface area contributed by atoms with E-state index in [4.69, 9.17) is 9.47 Å². The van der Waals surface area contributed by atoms with Gasteiger partial charge in [0, 0.05) is 15.5 Å². The first-order chi connectivity index (χ1) is 19.8. The van der Waals surface area contributed by atoms with E-state index in [2.05, 4.69) is 120 Å². The fourth-order valence-electron chi connectivity index (χ4n) is 5.96. The Hall–Kier alpha value is -5.06. The van der Waals surface area contributed by atoms with Crippen LogP contribution in [0.1, 0.15) is 0 Å². The van der Waals surface area contributed by atoms with Gasteiger partial charge in [-0.05, 0) is 58.7 Å². The van der Waals surface area contributed by atoms with Crippen LogP contribution in [0.2, 0.25) is 0 Å². The molecule has 0 N–H and O–H groups in total. The Labute approximate surface area is 235 Å². The van der Waals surface area contributed by atoms with E-state index in [0.717, 1.165) is 72.4 Å². The van der Waals surface area contributed by atoms with E-state index in [1.807, 2.05) is 12.1 Å². The molecule has 0 saturated carbocycles. The molecule has 0 unspecified atom stereocenters. The zero-order valence-electron chi connectivity index (χ0n) is 21.3. The molecule has 40 heavy (non-hydrogen) atoms. The second kappa shape index (κ2) is 8.22. The number of anilines is 3. The summed E-state index contributed by atoms with van der Waals surface area (Å²) < 4.78 is 15.9. The van der Waals surface area contributed by atoms with Crippen LogP contribution in [0, 0.1) is 0 Å². The van der Waals surface area contributed by atoms with Crippen LogP contribution in [0.15, 0.2) is 127 Å². The van der Waals surface area contributed by atoms with Crippen molar-refractivity contribution in [3.63, 3.8) is 0 Å². The molecule has 188 valence electrons. The molecule has 2 aliphatic rings. The second-order valence-corrected chi connectivity index (χ2v) is 11.2. The van der Waals surface area contributed by atoms with Crippen LogP contribution in [-0.2, 0) is 0 Å². The van der Waals surface area contributed by atoms with Crippen LogP contribution in [0.4, 0.5) is 17.1 Å². The molecule has 2 aliphatic heterocycles. The van der Waals surface area contributed by atoms with Gasteiger partial charge in [0.05, 0.1) is 16.1 Å². The standard InChI is InChI=1S/C36H21NO2S/c1-3-9-22(10-4-1)24-15-17-28-30(19-24)38-32-21-27-26-13-7-8-14-33(26)40-36(27)35-34(32)37(28)29-18-16-25(20-31(29)39-35)23-11-5-2-6-12-23/h1-21H. The first-order valence-corrected chi connectivity index (χ1v) is 14.2. The van der Waals surface area contributed by atoms with Gasteiger partial charge in [0.15, 0.2) is 23.0 Å². The van der Waals surface area contributed by atoms with Crippen LogP contribution in [-0.4, -0.2) is 0 Å². The second-order valence-electron chi connectivity index (χ2n) is 10.2. The summed E-state index contributed by atoms with van der Waals surface area (Å²) in [6.45, 7) is 0. The number of thiophene rings is 1. The Kier molecular flexibility index (Phi) is 4.48. The van der Waals surface area contributed by atoms with Crippen molar-refractivity contribution in [2.75, 3.05) is 4.90 Å². The highest BCUT2D eigenvalue weighted by Crippen LogP contribution is 2.63. The van der Waals surface area contributed by atoms with Crippen LogP contribution in [0.5, 0.6) is 23.0 Å². The number of benzene rings is 6. The molecule has 0 radical (unpaired) electrons. The highest BCUT2D eigenvalue weighted by atomic mass is 32.1. The Balaban J connectivity index is 1.31. The molecule has 7 aromatic rings. The maximum absolute atomic E-state index is 6.83. The smallest absolute Gasteiger partial charge is 0.173 e. The molecule has 3 heterocycles. The molecular weight excluding hydrogens is 510 g/mol. The number of fused-ring (bicyclic) bond motifs is 8. The summed E-state index contributed by atoms with van der Waals surface area (Å²) in [6, 6.07) is 44.6. The van der Waals surface area contributed by atoms with Gasteiger partial charge in [0.25, 0.3) is 0 Å². The number of hydrogen-bond donors (Lipinski definition) is 0. The zero-order chi connectivity index (χ0) is 26.2. The minimum Gasteiger partial charge on any atom is -0.453 e. The lowest BCUT2D eigenvalue weighted by Gasteiger charge is -2.38. The summed E-state index contributed by atoms with van der Waals surface area (Å²) in [6.07, 6.45) is 0. The predicted octanol–water partition coefficient (Wildman–Crippen LogP) is 11.1. The largest absolute Gasteiger partial charge is 0.453 e. The maximum Gasteiger partial charge on any atom is 0.173 e.